The third-order valence-corrected chi connectivity index (χ3v) is 7.57. The number of nitrogens with zero attached hydrogens (tertiary/aromatic N) is 2. The zero-order valence-electron chi connectivity index (χ0n) is 22.0. The minimum atomic E-state index is -0.859. The highest BCUT2D eigenvalue weighted by atomic mass is 16.3. The van der Waals surface area contributed by atoms with Crippen molar-refractivity contribution >= 4 is 23.6 Å². The molecular weight excluding hydrogens is 498 g/mol. The first-order valence-electron chi connectivity index (χ1n) is 13.5. The van der Waals surface area contributed by atoms with Crippen LogP contribution in [0.15, 0.2) is 54.6 Å². The Hall–Kier alpha value is -3.92. The molecule has 2 aliphatic rings. The standard InChI is InChI=1S/C29H37N5O5/c30-23(16-20-10-12-22(35)13-11-20)28(38)33-14-4-8-21(33)18-26(36)32-24(17-19-6-2-1-3-7-19)29(39)34-15-5-9-25(34)27(31)37/h1-3,6-7,10-13,21,23-25,35H,4-5,8-9,14-18,30H2,(H2,31,37)(H,32,36)/t21-,23-,24-,25+/m0/s1. The van der Waals surface area contributed by atoms with Crippen LogP contribution >= 0.6 is 0 Å². The van der Waals surface area contributed by atoms with Gasteiger partial charge >= 0.3 is 0 Å². The number of nitrogens with one attached hydrogen (secondary N) is 1. The summed E-state index contributed by atoms with van der Waals surface area (Å²) in [6.45, 7) is 0.928. The first kappa shape index (κ1) is 28.1. The van der Waals surface area contributed by atoms with E-state index in [0.29, 0.717) is 38.8 Å². The van der Waals surface area contributed by atoms with Crippen molar-refractivity contribution in [3.63, 3.8) is 0 Å². The minimum Gasteiger partial charge on any atom is -0.508 e. The molecule has 0 unspecified atom stereocenters. The minimum absolute atomic E-state index is 0.0511. The lowest BCUT2D eigenvalue weighted by atomic mass is 10.0. The number of rotatable bonds is 10. The summed E-state index contributed by atoms with van der Waals surface area (Å²) in [5, 5.41) is 12.4. The van der Waals surface area contributed by atoms with Crippen molar-refractivity contribution in [2.75, 3.05) is 13.1 Å². The van der Waals surface area contributed by atoms with E-state index in [1.807, 2.05) is 30.3 Å². The molecule has 0 aromatic heterocycles. The van der Waals surface area contributed by atoms with Gasteiger partial charge in [-0.15, -0.1) is 0 Å². The van der Waals surface area contributed by atoms with Crippen molar-refractivity contribution in [2.45, 2.75) is 69.1 Å². The fourth-order valence-corrected chi connectivity index (χ4v) is 5.57. The first-order valence-corrected chi connectivity index (χ1v) is 13.5. The Labute approximate surface area is 228 Å². The number of nitrogens with two attached hydrogens (primary N) is 2. The van der Waals surface area contributed by atoms with E-state index in [1.165, 1.54) is 4.90 Å². The van der Waals surface area contributed by atoms with Crippen LogP contribution in [0.2, 0.25) is 0 Å². The molecule has 10 nitrogen and oxygen atoms in total. The van der Waals surface area contributed by atoms with Crippen LogP contribution in [-0.4, -0.2) is 75.8 Å². The highest BCUT2D eigenvalue weighted by Gasteiger charge is 2.38. The third-order valence-electron chi connectivity index (χ3n) is 7.57. The lowest BCUT2D eigenvalue weighted by molar-refractivity contribution is -0.141. The van der Waals surface area contributed by atoms with Gasteiger partial charge in [-0.05, 0) is 55.4 Å². The van der Waals surface area contributed by atoms with E-state index in [-0.39, 0.29) is 42.4 Å². The molecule has 0 spiro atoms. The summed E-state index contributed by atoms with van der Waals surface area (Å²) < 4.78 is 0. The second kappa shape index (κ2) is 12.8. The zero-order valence-corrected chi connectivity index (χ0v) is 22.0. The normalized spacial score (nSPS) is 20.4. The lowest BCUT2D eigenvalue weighted by Gasteiger charge is -2.30. The topological polar surface area (TPSA) is 159 Å². The van der Waals surface area contributed by atoms with Gasteiger partial charge in [0.1, 0.15) is 17.8 Å². The Balaban J connectivity index is 1.41. The molecule has 4 amide bonds. The molecule has 4 rings (SSSR count). The second-order valence-electron chi connectivity index (χ2n) is 10.4. The van der Waals surface area contributed by atoms with Gasteiger partial charge in [-0.1, -0.05) is 42.5 Å². The van der Waals surface area contributed by atoms with Gasteiger partial charge in [0.25, 0.3) is 0 Å². The van der Waals surface area contributed by atoms with Crippen molar-refractivity contribution in [2.24, 2.45) is 11.5 Å². The maximum absolute atomic E-state index is 13.5. The van der Waals surface area contributed by atoms with E-state index in [1.54, 1.807) is 29.2 Å². The first-order chi connectivity index (χ1) is 18.7. The van der Waals surface area contributed by atoms with Crippen molar-refractivity contribution in [1.29, 1.82) is 0 Å². The number of likely N-dealkylation sites (tertiary alicyclic amines) is 2. The van der Waals surface area contributed by atoms with Gasteiger partial charge in [0.15, 0.2) is 0 Å². The molecule has 2 heterocycles. The van der Waals surface area contributed by atoms with E-state index < -0.39 is 24.0 Å². The van der Waals surface area contributed by atoms with Crippen LogP contribution in [0.3, 0.4) is 0 Å². The van der Waals surface area contributed by atoms with Crippen LogP contribution in [0.4, 0.5) is 0 Å². The Kier molecular flexibility index (Phi) is 9.19. The molecule has 0 saturated carbocycles. The largest absolute Gasteiger partial charge is 0.508 e. The third kappa shape index (κ3) is 7.14. The predicted molar refractivity (Wildman–Crippen MR) is 145 cm³/mol. The van der Waals surface area contributed by atoms with Gasteiger partial charge < -0.3 is 31.7 Å². The lowest BCUT2D eigenvalue weighted by Crippen LogP contribution is -2.54. The second-order valence-corrected chi connectivity index (χ2v) is 10.4. The predicted octanol–water partition coefficient (Wildman–Crippen LogP) is 0.847. The van der Waals surface area contributed by atoms with E-state index in [2.05, 4.69) is 5.32 Å². The molecule has 208 valence electrons. The molecule has 6 N–H and O–H groups in total. The molecule has 2 aromatic rings. The summed E-state index contributed by atoms with van der Waals surface area (Å²) in [5.41, 5.74) is 13.5. The fraction of sp³-hybridized carbons (Fsp3) is 0.448. The van der Waals surface area contributed by atoms with Crippen molar-refractivity contribution in [1.82, 2.24) is 15.1 Å². The fourth-order valence-electron chi connectivity index (χ4n) is 5.57. The average molecular weight is 536 g/mol. The summed E-state index contributed by atoms with van der Waals surface area (Å²) in [4.78, 5) is 55.0. The summed E-state index contributed by atoms with van der Waals surface area (Å²) in [6.07, 6.45) is 3.26. The summed E-state index contributed by atoms with van der Waals surface area (Å²) in [7, 11) is 0. The maximum atomic E-state index is 13.5. The Morgan fingerprint density at radius 2 is 1.51 bits per heavy atom. The van der Waals surface area contributed by atoms with Gasteiger partial charge in [-0.25, -0.2) is 0 Å². The molecule has 39 heavy (non-hydrogen) atoms. The number of amides is 4. The highest BCUT2D eigenvalue weighted by molar-refractivity contribution is 5.92. The molecule has 2 fully saturated rings. The number of hydrogen-bond acceptors (Lipinski definition) is 6. The number of benzene rings is 2. The molecule has 0 radical (unpaired) electrons. The summed E-state index contributed by atoms with van der Waals surface area (Å²) in [5.74, 6) is -1.30. The van der Waals surface area contributed by atoms with E-state index in [9.17, 15) is 24.3 Å². The van der Waals surface area contributed by atoms with Gasteiger partial charge in [-0.2, -0.15) is 0 Å². The molecular formula is C29H37N5O5. The van der Waals surface area contributed by atoms with Crippen LogP contribution < -0.4 is 16.8 Å². The number of carbonyl (C=O) groups is 4. The SMILES string of the molecule is NC(=O)[C@H]1CCCN1C(=O)[C@H](Cc1ccccc1)NC(=O)C[C@@H]1CCCN1C(=O)[C@@H](N)Cc1ccc(O)cc1. The van der Waals surface area contributed by atoms with Crippen LogP contribution in [-0.2, 0) is 32.0 Å². The molecule has 4 atom stereocenters. The number of hydrogen-bond donors (Lipinski definition) is 4. The molecule has 0 bridgehead atoms. The number of aromatic hydroxyl groups is 1. The quantitative estimate of drug-likeness (QED) is 0.353. The molecule has 2 aliphatic heterocycles. The zero-order chi connectivity index (χ0) is 27.9. The Morgan fingerprint density at radius 1 is 0.872 bits per heavy atom. The number of primary amides is 1. The van der Waals surface area contributed by atoms with E-state index in [4.69, 9.17) is 11.5 Å². The summed E-state index contributed by atoms with van der Waals surface area (Å²) in [6, 6.07) is 13.3. The van der Waals surface area contributed by atoms with Gasteiger partial charge in [0.2, 0.25) is 23.6 Å². The number of phenolic OH excluding ortho intramolecular Hbond substituents is 1. The van der Waals surface area contributed by atoms with Crippen molar-refractivity contribution in [3.8, 4) is 5.75 Å². The van der Waals surface area contributed by atoms with Crippen molar-refractivity contribution < 1.29 is 24.3 Å². The Bertz CT molecular complexity index is 1170. The molecule has 0 aliphatic carbocycles. The monoisotopic (exact) mass is 535 g/mol. The van der Waals surface area contributed by atoms with Gasteiger partial charge in [0.05, 0.1) is 6.04 Å². The smallest absolute Gasteiger partial charge is 0.246 e. The number of phenols is 1. The highest BCUT2D eigenvalue weighted by Crippen LogP contribution is 2.23. The van der Waals surface area contributed by atoms with Gasteiger partial charge in [0, 0.05) is 32.0 Å². The molecule has 10 heteroatoms. The molecule has 2 saturated heterocycles. The number of carbonyl (C=O) groups excluding carboxylic acids is 4. The van der Waals surface area contributed by atoms with Crippen LogP contribution in [0.1, 0.15) is 43.2 Å². The molecule has 2 aromatic carbocycles. The average Bonchev–Trinajstić information content (AvgIpc) is 3.59. The van der Waals surface area contributed by atoms with Crippen molar-refractivity contribution in [3.05, 3.63) is 65.7 Å². The van der Waals surface area contributed by atoms with E-state index >= 15 is 0 Å². The summed E-state index contributed by atoms with van der Waals surface area (Å²) >= 11 is 0. The van der Waals surface area contributed by atoms with Crippen LogP contribution in [0, 0.1) is 0 Å². The Morgan fingerprint density at radius 3 is 2.21 bits per heavy atom. The van der Waals surface area contributed by atoms with Gasteiger partial charge in [-0.3, -0.25) is 19.2 Å². The maximum Gasteiger partial charge on any atom is 0.246 e. The van der Waals surface area contributed by atoms with Crippen LogP contribution in [0.25, 0.3) is 0 Å². The van der Waals surface area contributed by atoms with Crippen LogP contribution in [0.5, 0.6) is 5.75 Å². The van der Waals surface area contributed by atoms with E-state index in [0.717, 1.165) is 17.5 Å².